The van der Waals surface area contributed by atoms with Gasteiger partial charge in [-0.15, -0.1) is 24.0 Å². The Morgan fingerprint density at radius 3 is 2.42 bits per heavy atom. The zero-order valence-corrected chi connectivity index (χ0v) is 21.8. The Kier molecular flexibility index (Phi) is 12.1. The molecule has 0 aromatic heterocycles. The standard InChI is InChI=1S/C24H40N4O2.HI/c1-20(2)22-7-5-21(6-8-22)19-27-12-14-28(15-13-27)24(25-3)26-11-4-16-30-23-9-17-29-18-10-23;/h5-8,20,23H,4,9-19H2,1-3H3,(H,25,26);1H. The molecular weight excluding hydrogens is 503 g/mol. The van der Waals surface area contributed by atoms with Gasteiger partial charge in [0.2, 0.25) is 0 Å². The Morgan fingerprint density at radius 2 is 1.81 bits per heavy atom. The number of aliphatic imine (C=N–C) groups is 1. The van der Waals surface area contributed by atoms with Gasteiger partial charge in [0.05, 0.1) is 6.10 Å². The van der Waals surface area contributed by atoms with Gasteiger partial charge in [0.1, 0.15) is 0 Å². The van der Waals surface area contributed by atoms with Gasteiger partial charge in [-0.25, -0.2) is 0 Å². The van der Waals surface area contributed by atoms with Crippen LogP contribution in [0.1, 0.15) is 50.2 Å². The summed E-state index contributed by atoms with van der Waals surface area (Å²) >= 11 is 0. The van der Waals surface area contributed by atoms with E-state index in [9.17, 15) is 0 Å². The molecular formula is C24H41IN4O2. The van der Waals surface area contributed by atoms with E-state index in [1.54, 1.807) is 0 Å². The van der Waals surface area contributed by atoms with Crippen LogP contribution in [0.3, 0.4) is 0 Å². The monoisotopic (exact) mass is 544 g/mol. The highest BCUT2D eigenvalue weighted by atomic mass is 127. The minimum atomic E-state index is 0. The van der Waals surface area contributed by atoms with Gasteiger partial charge in [0.15, 0.2) is 5.96 Å². The first kappa shape index (κ1) is 26.4. The van der Waals surface area contributed by atoms with Crippen molar-refractivity contribution >= 4 is 29.9 Å². The molecule has 0 spiro atoms. The van der Waals surface area contributed by atoms with Gasteiger partial charge in [-0.3, -0.25) is 9.89 Å². The lowest BCUT2D eigenvalue weighted by atomic mass is 10.0. The molecule has 1 aromatic rings. The van der Waals surface area contributed by atoms with Crippen LogP contribution in [0, 0.1) is 0 Å². The third-order valence-corrected chi connectivity index (χ3v) is 6.06. The number of guanidine groups is 1. The van der Waals surface area contributed by atoms with Gasteiger partial charge >= 0.3 is 0 Å². The zero-order chi connectivity index (χ0) is 21.2. The summed E-state index contributed by atoms with van der Waals surface area (Å²) in [6.45, 7) is 13.1. The first-order chi connectivity index (χ1) is 14.7. The molecule has 7 heteroatoms. The van der Waals surface area contributed by atoms with Crippen LogP contribution in [0.2, 0.25) is 0 Å². The van der Waals surface area contributed by atoms with Crippen LogP contribution >= 0.6 is 24.0 Å². The number of rotatable bonds is 8. The third-order valence-electron chi connectivity index (χ3n) is 6.06. The smallest absolute Gasteiger partial charge is 0.193 e. The molecule has 3 rings (SSSR count). The van der Waals surface area contributed by atoms with E-state index in [0.717, 1.165) is 84.3 Å². The minimum absolute atomic E-state index is 0. The number of nitrogens with zero attached hydrogens (tertiary/aromatic N) is 3. The second-order valence-corrected chi connectivity index (χ2v) is 8.67. The summed E-state index contributed by atoms with van der Waals surface area (Å²) in [6, 6.07) is 9.11. The van der Waals surface area contributed by atoms with E-state index in [4.69, 9.17) is 9.47 Å². The molecule has 0 saturated carbocycles. The first-order valence-electron chi connectivity index (χ1n) is 11.6. The van der Waals surface area contributed by atoms with Crippen molar-refractivity contribution in [3.63, 3.8) is 0 Å². The molecule has 0 radical (unpaired) electrons. The van der Waals surface area contributed by atoms with Crippen LogP contribution in [0.15, 0.2) is 29.3 Å². The Morgan fingerprint density at radius 1 is 1.13 bits per heavy atom. The van der Waals surface area contributed by atoms with Crippen molar-refractivity contribution in [2.45, 2.75) is 51.7 Å². The van der Waals surface area contributed by atoms with Crippen LogP contribution in [0.25, 0.3) is 0 Å². The van der Waals surface area contributed by atoms with E-state index < -0.39 is 0 Å². The minimum Gasteiger partial charge on any atom is -0.381 e. The molecule has 2 fully saturated rings. The lowest BCUT2D eigenvalue weighted by molar-refractivity contribution is -0.0320. The number of nitrogens with one attached hydrogen (secondary N) is 1. The fourth-order valence-corrected chi connectivity index (χ4v) is 4.08. The average molecular weight is 545 g/mol. The molecule has 31 heavy (non-hydrogen) atoms. The molecule has 176 valence electrons. The Labute approximate surface area is 205 Å². The van der Waals surface area contributed by atoms with Crippen molar-refractivity contribution in [2.75, 3.05) is 59.6 Å². The van der Waals surface area contributed by atoms with E-state index in [0.29, 0.717) is 12.0 Å². The quantitative estimate of drug-likeness (QED) is 0.234. The number of piperazine rings is 1. The number of hydrogen-bond donors (Lipinski definition) is 1. The molecule has 0 aliphatic carbocycles. The van der Waals surface area contributed by atoms with Crippen molar-refractivity contribution in [2.24, 2.45) is 4.99 Å². The molecule has 0 atom stereocenters. The molecule has 6 nitrogen and oxygen atoms in total. The lowest BCUT2D eigenvalue weighted by Gasteiger charge is -2.36. The summed E-state index contributed by atoms with van der Waals surface area (Å²) in [6.07, 6.45) is 3.44. The fourth-order valence-electron chi connectivity index (χ4n) is 4.08. The average Bonchev–Trinajstić information content (AvgIpc) is 2.78. The van der Waals surface area contributed by atoms with E-state index in [-0.39, 0.29) is 24.0 Å². The highest BCUT2D eigenvalue weighted by molar-refractivity contribution is 14.0. The van der Waals surface area contributed by atoms with Gasteiger partial charge in [-0.05, 0) is 36.3 Å². The summed E-state index contributed by atoms with van der Waals surface area (Å²) in [5, 5.41) is 3.51. The summed E-state index contributed by atoms with van der Waals surface area (Å²) in [5.74, 6) is 1.61. The Bertz CT molecular complexity index is 639. The van der Waals surface area contributed by atoms with Crippen molar-refractivity contribution in [1.82, 2.24) is 15.1 Å². The number of ether oxygens (including phenoxy) is 2. The maximum atomic E-state index is 5.95. The predicted molar refractivity (Wildman–Crippen MR) is 139 cm³/mol. The van der Waals surface area contributed by atoms with E-state index in [1.807, 2.05) is 7.05 Å². The molecule has 1 N–H and O–H groups in total. The van der Waals surface area contributed by atoms with Crippen molar-refractivity contribution < 1.29 is 9.47 Å². The fraction of sp³-hybridized carbons (Fsp3) is 0.708. The second kappa shape index (κ2) is 14.3. The first-order valence-corrected chi connectivity index (χ1v) is 11.6. The predicted octanol–water partition coefficient (Wildman–Crippen LogP) is 3.71. The van der Waals surface area contributed by atoms with Gasteiger partial charge in [-0.1, -0.05) is 38.1 Å². The van der Waals surface area contributed by atoms with Crippen LogP contribution in [-0.4, -0.2) is 81.5 Å². The SMILES string of the molecule is CN=C(NCCCOC1CCOCC1)N1CCN(Cc2ccc(C(C)C)cc2)CC1.I. The van der Waals surface area contributed by atoms with Crippen molar-refractivity contribution in [3.8, 4) is 0 Å². The van der Waals surface area contributed by atoms with Crippen LogP contribution < -0.4 is 5.32 Å². The lowest BCUT2D eigenvalue weighted by Crippen LogP contribution is -2.52. The van der Waals surface area contributed by atoms with E-state index in [2.05, 4.69) is 58.2 Å². The highest BCUT2D eigenvalue weighted by Crippen LogP contribution is 2.16. The topological polar surface area (TPSA) is 49.3 Å². The summed E-state index contributed by atoms with van der Waals surface area (Å²) in [7, 11) is 1.88. The van der Waals surface area contributed by atoms with Gasteiger partial charge in [-0.2, -0.15) is 0 Å². The molecule has 2 saturated heterocycles. The summed E-state index contributed by atoms with van der Waals surface area (Å²) < 4.78 is 11.3. The van der Waals surface area contributed by atoms with Crippen LogP contribution in [0.5, 0.6) is 0 Å². The largest absolute Gasteiger partial charge is 0.381 e. The summed E-state index contributed by atoms with van der Waals surface area (Å²) in [4.78, 5) is 9.40. The molecule has 2 aliphatic heterocycles. The van der Waals surface area contributed by atoms with Gasteiger partial charge in [0, 0.05) is 66.1 Å². The van der Waals surface area contributed by atoms with Gasteiger partial charge in [0.25, 0.3) is 0 Å². The molecule has 1 aromatic carbocycles. The van der Waals surface area contributed by atoms with Gasteiger partial charge < -0.3 is 19.7 Å². The van der Waals surface area contributed by atoms with Crippen LogP contribution in [0.4, 0.5) is 0 Å². The molecule has 0 unspecified atom stereocenters. The van der Waals surface area contributed by atoms with Crippen LogP contribution in [-0.2, 0) is 16.0 Å². The number of halogens is 1. The molecule has 2 heterocycles. The van der Waals surface area contributed by atoms with Crippen molar-refractivity contribution in [1.29, 1.82) is 0 Å². The maximum absolute atomic E-state index is 5.95. The molecule has 0 amide bonds. The molecule has 2 aliphatic rings. The zero-order valence-electron chi connectivity index (χ0n) is 19.5. The van der Waals surface area contributed by atoms with E-state index in [1.165, 1.54) is 11.1 Å². The normalized spacial score (nSPS) is 18.8. The second-order valence-electron chi connectivity index (χ2n) is 8.67. The highest BCUT2D eigenvalue weighted by Gasteiger charge is 2.19. The third kappa shape index (κ3) is 8.86. The Hall–Kier alpha value is -0.900. The van der Waals surface area contributed by atoms with Crippen molar-refractivity contribution in [3.05, 3.63) is 35.4 Å². The van der Waals surface area contributed by atoms with E-state index >= 15 is 0 Å². The molecule has 0 bridgehead atoms. The Balaban J connectivity index is 0.00000341. The number of benzene rings is 1. The maximum Gasteiger partial charge on any atom is 0.193 e. The summed E-state index contributed by atoms with van der Waals surface area (Å²) in [5.41, 5.74) is 2.82. The number of hydrogen-bond acceptors (Lipinski definition) is 4.